The number of amides is 1. The SMILES string of the molecule is COc1ccc2ncc3c(c2c1)CC(N1CCC(NC(=O)OC(C)(C)C)CC1)CO3. The Morgan fingerprint density at radius 1 is 1.27 bits per heavy atom. The Balaban J connectivity index is 1.40. The molecule has 0 aliphatic carbocycles. The minimum absolute atomic E-state index is 0.155. The van der Waals surface area contributed by atoms with Crippen LogP contribution in [0.2, 0.25) is 0 Å². The van der Waals surface area contributed by atoms with Crippen LogP contribution in [0.3, 0.4) is 0 Å². The van der Waals surface area contributed by atoms with Gasteiger partial charge in [0.2, 0.25) is 0 Å². The number of piperidine rings is 1. The molecular weight excluding hydrogens is 382 g/mol. The maximum absolute atomic E-state index is 12.0. The van der Waals surface area contributed by atoms with E-state index in [9.17, 15) is 4.79 Å². The Hall–Kier alpha value is -2.54. The fourth-order valence-electron chi connectivity index (χ4n) is 4.27. The molecule has 0 bridgehead atoms. The van der Waals surface area contributed by atoms with Gasteiger partial charge < -0.3 is 19.5 Å². The Labute approximate surface area is 177 Å². The lowest BCUT2D eigenvalue weighted by molar-refractivity contribution is 0.0448. The average Bonchev–Trinajstić information content (AvgIpc) is 2.72. The number of rotatable bonds is 3. The molecule has 1 N–H and O–H groups in total. The van der Waals surface area contributed by atoms with Gasteiger partial charge in [-0.1, -0.05) is 0 Å². The van der Waals surface area contributed by atoms with Crippen molar-refractivity contribution in [1.29, 1.82) is 0 Å². The van der Waals surface area contributed by atoms with E-state index in [1.54, 1.807) is 7.11 Å². The van der Waals surface area contributed by atoms with Crippen molar-refractivity contribution in [2.45, 2.75) is 57.7 Å². The Morgan fingerprint density at radius 2 is 2.03 bits per heavy atom. The number of fused-ring (bicyclic) bond motifs is 3. The summed E-state index contributed by atoms with van der Waals surface area (Å²) in [4.78, 5) is 19.0. The van der Waals surface area contributed by atoms with Crippen molar-refractivity contribution in [2.75, 3.05) is 26.8 Å². The first-order valence-corrected chi connectivity index (χ1v) is 10.6. The average molecular weight is 414 g/mol. The van der Waals surface area contributed by atoms with Gasteiger partial charge in [0, 0.05) is 36.1 Å². The maximum Gasteiger partial charge on any atom is 0.407 e. The second kappa shape index (κ2) is 8.30. The number of benzene rings is 1. The van der Waals surface area contributed by atoms with E-state index in [-0.39, 0.29) is 12.1 Å². The normalized spacial score (nSPS) is 20.3. The molecule has 162 valence electrons. The van der Waals surface area contributed by atoms with Gasteiger partial charge in [-0.05, 0) is 58.2 Å². The highest BCUT2D eigenvalue weighted by Crippen LogP contribution is 2.34. The van der Waals surface area contributed by atoms with Crippen molar-refractivity contribution >= 4 is 17.0 Å². The Morgan fingerprint density at radius 3 is 2.73 bits per heavy atom. The number of aromatic nitrogens is 1. The van der Waals surface area contributed by atoms with Crippen LogP contribution in [0.15, 0.2) is 24.4 Å². The summed E-state index contributed by atoms with van der Waals surface area (Å²) in [7, 11) is 1.68. The third kappa shape index (κ3) is 4.61. The van der Waals surface area contributed by atoms with Gasteiger partial charge in [-0.15, -0.1) is 0 Å². The molecule has 2 aromatic rings. The van der Waals surface area contributed by atoms with Gasteiger partial charge in [0.1, 0.15) is 23.7 Å². The molecule has 3 heterocycles. The van der Waals surface area contributed by atoms with Gasteiger partial charge in [-0.3, -0.25) is 9.88 Å². The zero-order valence-corrected chi connectivity index (χ0v) is 18.2. The van der Waals surface area contributed by atoms with E-state index in [0.29, 0.717) is 12.6 Å². The maximum atomic E-state index is 12.0. The van der Waals surface area contributed by atoms with Gasteiger partial charge >= 0.3 is 6.09 Å². The van der Waals surface area contributed by atoms with Crippen LogP contribution in [0.25, 0.3) is 10.9 Å². The molecular formula is C23H31N3O4. The highest BCUT2D eigenvalue weighted by Gasteiger charge is 2.31. The summed E-state index contributed by atoms with van der Waals surface area (Å²) in [5.41, 5.74) is 1.68. The second-order valence-corrected chi connectivity index (χ2v) is 9.11. The van der Waals surface area contributed by atoms with Crippen molar-refractivity contribution in [1.82, 2.24) is 15.2 Å². The van der Waals surface area contributed by atoms with E-state index in [0.717, 1.165) is 54.8 Å². The first-order chi connectivity index (χ1) is 14.3. The Bertz CT molecular complexity index is 911. The van der Waals surface area contributed by atoms with Crippen LogP contribution < -0.4 is 14.8 Å². The molecule has 2 aliphatic heterocycles. The molecule has 7 heteroatoms. The van der Waals surface area contributed by atoms with E-state index >= 15 is 0 Å². The van der Waals surface area contributed by atoms with E-state index in [4.69, 9.17) is 14.2 Å². The molecule has 0 radical (unpaired) electrons. The van der Waals surface area contributed by atoms with Gasteiger partial charge in [0.25, 0.3) is 0 Å². The third-order valence-corrected chi connectivity index (χ3v) is 5.78. The number of hydrogen-bond acceptors (Lipinski definition) is 6. The standard InChI is InChI=1S/C23H31N3O4/c1-23(2,3)30-22(27)25-15-7-9-26(10-8-15)16-11-19-18-12-17(28-4)5-6-20(18)24-13-21(19)29-14-16/h5-6,12-13,15-16H,7-11,14H2,1-4H3,(H,25,27). The van der Waals surface area contributed by atoms with Crippen LogP contribution >= 0.6 is 0 Å². The highest BCUT2D eigenvalue weighted by molar-refractivity contribution is 5.85. The number of nitrogens with zero attached hydrogens (tertiary/aromatic N) is 2. The fourth-order valence-corrected chi connectivity index (χ4v) is 4.27. The zero-order chi connectivity index (χ0) is 21.3. The molecule has 0 saturated carbocycles. The van der Waals surface area contributed by atoms with E-state index in [2.05, 4.69) is 15.2 Å². The second-order valence-electron chi connectivity index (χ2n) is 9.11. The quantitative estimate of drug-likeness (QED) is 0.830. The number of alkyl carbamates (subject to hydrolysis) is 1. The van der Waals surface area contributed by atoms with Crippen LogP contribution in [0.4, 0.5) is 4.79 Å². The molecule has 2 aliphatic rings. The predicted molar refractivity (Wildman–Crippen MR) is 115 cm³/mol. The first kappa shape index (κ1) is 20.7. The molecule has 1 saturated heterocycles. The summed E-state index contributed by atoms with van der Waals surface area (Å²) in [5.74, 6) is 1.70. The number of ether oxygens (including phenoxy) is 3. The molecule has 4 rings (SSSR count). The van der Waals surface area contributed by atoms with E-state index < -0.39 is 5.60 Å². The minimum Gasteiger partial charge on any atom is -0.497 e. The number of pyridine rings is 1. The van der Waals surface area contributed by atoms with Gasteiger partial charge in [0.05, 0.1) is 18.8 Å². The van der Waals surface area contributed by atoms with Crippen molar-refractivity contribution in [3.63, 3.8) is 0 Å². The summed E-state index contributed by atoms with van der Waals surface area (Å²) in [5, 5.41) is 4.11. The summed E-state index contributed by atoms with van der Waals surface area (Å²) < 4.78 is 16.9. The molecule has 1 fully saturated rings. The van der Waals surface area contributed by atoms with Gasteiger partial charge in [0.15, 0.2) is 0 Å². The molecule has 1 unspecified atom stereocenters. The van der Waals surface area contributed by atoms with Crippen molar-refractivity contribution in [3.05, 3.63) is 30.0 Å². The van der Waals surface area contributed by atoms with Crippen molar-refractivity contribution in [2.24, 2.45) is 0 Å². The monoisotopic (exact) mass is 413 g/mol. The molecule has 1 amide bonds. The molecule has 7 nitrogen and oxygen atoms in total. The largest absolute Gasteiger partial charge is 0.497 e. The van der Waals surface area contributed by atoms with Crippen LogP contribution in [-0.2, 0) is 11.2 Å². The summed E-state index contributed by atoms with van der Waals surface area (Å²) >= 11 is 0. The molecule has 1 aromatic heterocycles. The van der Waals surface area contributed by atoms with Crippen molar-refractivity contribution < 1.29 is 19.0 Å². The molecule has 1 aromatic carbocycles. The van der Waals surface area contributed by atoms with E-state index in [1.165, 1.54) is 5.56 Å². The van der Waals surface area contributed by atoms with Crippen LogP contribution in [0.1, 0.15) is 39.2 Å². The summed E-state index contributed by atoms with van der Waals surface area (Å²) in [6.07, 6.45) is 4.24. The first-order valence-electron chi connectivity index (χ1n) is 10.6. The van der Waals surface area contributed by atoms with E-state index in [1.807, 2.05) is 45.2 Å². The summed E-state index contributed by atoms with van der Waals surface area (Å²) in [6, 6.07) is 6.44. The smallest absolute Gasteiger partial charge is 0.407 e. The van der Waals surface area contributed by atoms with Gasteiger partial charge in [-0.25, -0.2) is 4.79 Å². The lowest BCUT2D eigenvalue weighted by Crippen LogP contribution is -2.51. The third-order valence-electron chi connectivity index (χ3n) is 5.78. The summed E-state index contributed by atoms with van der Waals surface area (Å²) in [6.45, 7) is 8.15. The Kier molecular flexibility index (Phi) is 5.73. The molecule has 0 spiro atoms. The van der Waals surface area contributed by atoms with Crippen LogP contribution in [0, 0.1) is 0 Å². The molecule has 1 atom stereocenters. The number of likely N-dealkylation sites (tertiary alicyclic amines) is 1. The fraction of sp³-hybridized carbons (Fsp3) is 0.565. The number of hydrogen-bond donors (Lipinski definition) is 1. The van der Waals surface area contributed by atoms with Gasteiger partial charge in [-0.2, -0.15) is 0 Å². The minimum atomic E-state index is -0.474. The highest BCUT2D eigenvalue weighted by atomic mass is 16.6. The predicted octanol–water partition coefficient (Wildman–Crippen LogP) is 3.54. The van der Waals surface area contributed by atoms with Crippen LogP contribution in [0.5, 0.6) is 11.5 Å². The lowest BCUT2D eigenvalue weighted by atomic mass is 9.95. The number of carbonyl (C=O) groups is 1. The number of nitrogens with one attached hydrogen (secondary N) is 1. The topological polar surface area (TPSA) is 72.9 Å². The van der Waals surface area contributed by atoms with Crippen LogP contribution in [-0.4, -0.2) is 60.5 Å². The number of methoxy groups -OCH3 is 1. The molecule has 30 heavy (non-hydrogen) atoms. The lowest BCUT2D eigenvalue weighted by Gasteiger charge is -2.39. The zero-order valence-electron chi connectivity index (χ0n) is 18.2. The number of carbonyl (C=O) groups excluding carboxylic acids is 1. The van der Waals surface area contributed by atoms with Crippen molar-refractivity contribution in [3.8, 4) is 11.5 Å².